The Morgan fingerprint density at radius 1 is 1.53 bits per heavy atom. The second kappa shape index (κ2) is 5.06. The fourth-order valence-electron chi connectivity index (χ4n) is 1.23. The van der Waals surface area contributed by atoms with Crippen LogP contribution in [0.15, 0.2) is 24.7 Å². The summed E-state index contributed by atoms with van der Waals surface area (Å²) in [5.41, 5.74) is 0.496. The predicted octanol–water partition coefficient (Wildman–Crippen LogP) is 0.851. The van der Waals surface area contributed by atoms with Crippen LogP contribution in [0.3, 0.4) is 0 Å². The van der Waals surface area contributed by atoms with Crippen molar-refractivity contribution in [1.29, 1.82) is 0 Å². The van der Waals surface area contributed by atoms with Crippen LogP contribution < -0.4 is 10.1 Å². The predicted molar refractivity (Wildman–Crippen MR) is 59.7 cm³/mol. The van der Waals surface area contributed by atoms with Crippen LogP contribution in [0.4, 0.5) is 5.69 Å². The summed E-state index contributed by atoms with van der Waals surface area (Å²) in [5, 5.41) is 8.71. The number of nitrogens with zero attached hydrogens (tertiary/aromatic N) is 3. The van der Waals surface area contributed by atoms with Gasteiger partial charge in [-0.2, -0.15) is 5.10 Å². The number of rotatable bonds is 4. The summed E-state index contributed by atoms with van der Waals surface area (Å²) in [6.45, 7) is 2.32. The molecule has 2 rings (SSSR count). The van der Waals surface area contributed by atoms with Crippen LogP contribution in [-0.2, 0) is 0 Å². The zero-order valence-electron chi connectivity index (χ0n) is 9.17. The van der Waals surface area contributed by atoms with E-state index in [2.05, 4.69) is 25.5 Å². The minimum absolute atomic E-state index is 0.135. The molecule has 17 heavy (non-hydrogen) atoms. The highest BCUT2D eigenvalue weighted by Crippen LogP contribution is 2.20. The number of ether oxygens (including phenoxy) is 1. The van der Waals surface area contributed by atoms with E-state index in [1.165, 1.54) is 6.33 Å². The summed E-state index contributed by atoms with van der Waals surface area (Å²) < 4.78 is 5.28. The Kier molecular flexibility index (Phi) is 3.29. The van der Waals surface area contributed by atoms with Crippen LogP contribution in [0.5, 0.6) is 5.88 Å². The molecule has 2 aromatic heterocycles. The molecule has 2 N–H and O–H groups in total. The molecule has 0 spiro atoms. The van der Waals surface area contributed by atoms with Crippen LogP contribution in [0.25, 0.3) is 0 Å². The van der Waals surface area contributed by atoms with Gasteiger partial charge in [0.2, 0.25) is 11.7 Å². The van der Waals surface area contributed by atoms with Gasteiger partial charge in [-0.1, -0.05) is 0 Å². The molecule has 2 aromatic rings. The number of nitrogens with one attached hydrogen (secondary N) is 2. The molecule has 0 saturated heterocycles. The molecule has 0 unspecified atom stereocenters. The number of carbonyl (C=O) groups is 1. The first-order chi connectivity index (χ1) is 8.31. The third-order valence-electron chi connectivity index (χ3n) is 1.93. The first-order valence-electron chi connectivity index (χ1n) is 5.05. The SMILES string of the molecule is CCOc1ncccc1NC(=O)c1ncn[nH]1. The fraction of sp³-hybridized carbons (Fsp3) is 0.200. The third-order valence-corrected chi connectivity index (χ3v) is 1.93. The Balaban J connectivity index is 2.15. The van der Waals surface area contributed by atoms with Gasteiger partial charge < -0.3 is 10.1 Å². The summed E-state index contributed by atoms with van der Waals surface area (Å²) in [6, 6.07) is 3.41. The molecule has 0 fully saturated rings. The maximum absolute atomic E-state index is 11.7. The van der Waals surface area contributed by atoms with Gasteiger partial charge in [0.15, 0.2) is 0 Å². The Bertz CT molecular complexity index is 497. The molecule has 0 aliphatic carbocycles. The van der Waals surface area contributed by atoms with E-state index in [1.54, 1.807) is 18.3 Å². The minimum Gasteiger partial charge on any atom is -0.476 e. The van der Waals surface area contributed by atoms with E-state index in [0.717, 1.165) is 0 Å². The molecule has 88 valence electrons. The van der Waals surface area contributed by atoms with Crippen molar-refractivity contribution in [3.63, 3.8) is 0 Å². The average Bonchev–Trinajstić information content (AvgIpc) is 2.85. The van der Waals surface area contributed by atoms with Crippen LogP contribution in [0.1, 0.15) is 17.5 Å². The van der Waals surface area contributed by atoms with Gasteiger partial charge in [0, 0.05) is 6.20 Å². The number of aromatic nitrogens is 4. The van der Waals surface area contributed by atoms with E-state index in [9.17, 15) is 4.79 Å². The van der Waals surface area contributed by atoms with Gasteiger partial charge in [0.05, 0.1) is 6.61 Å². The molecule has 0 bridgehead atoms. The van der Waals surface area contributed by atoms with Crippen molar-refractivity contribution in [3.8, 4) is 5.88 Å². The summed E-state index contributed by atoms with van der Waals surface area (Å²) in [7, 11) is 0. The van der Waals surface area contributed by atoms with E-state index < -0.39 is 5.91 Å². The van der Waals surface area contributed by atoms with Gasteiger partial charge in [-0.25, -0.2) is 9.97 Å². The van der Waals surface area contributed by atoms with E-state index >= 15 is 0 Å². The van der Waals surface area contributed by atoms with E-state index in [0.29, 0.717) is 18.2 Å². The molecular weight excluding hydrogens is 222 g/mol. The average molecular weight is 233 g/mol. The van der Waals surface area contributed by atoms with Crippen molar-refractivity contribution in [2.75, 3.05) is 11.9 Å². The van der Waals surface area contributed by atoms with E-state index in [4.69, 9.17) is 4.74 Å². The zero-order chi connectivity index (χ0) is 12.1. The molecule has 0 saturated carbocycles. The second-order valence-electron chi connectivity index (χ2n) is 3.08. The molecule has 7 nitrogen and oxygen atoms in total. The standard InChI is InChI=1S/C10H11N5O2/c1-2-17-10-7(4-3-5-11-10)14-9(16)8-12-6-13-15-8/h3-6H,2H2,1H3,(H,14,16)(H,12,13,15). The number of anilines is 1. The van der Waals surface area contributed by atoms with E-state index in [1.807, 2.05) is 6.92 Å². The van der Waals surface area contributed by atoms with Gasteiger partial charge in [-0.3, -0.25) is 9.89 Å². The normalized spacial score (nSPS) is 9.94. The number of carbonyl (C=O) groups excluding carboxylic acids is 1. The lowest BCUT2D eigenvalue weighted by molar-refractivity contribution is 0.101. The van der Waals surface area contributed by atoms with Crippen LogP contribution in [0, 0.1) is 0 Å². The Labute approximate surface area is 97.2 Å². The third kappa shape index (κ3) is 2.57. The smallest absolute Gasteiger partial charge is 0.293 e. The number of amides is 1. The number of H-pyrrole nitrogens is 1. The topological polar surface area (TPSA) is 92.8 Å². The number of hydrogen-bond donors (Lipinski definition) is 2. The molecule has 7 heteroatoms. The van der Waals surface area contributed by atoms with Crippen molar-refractivity contribution < 1.29 is 9.53 Å². The zero-order valence-corrected chi connectivity index (χ0v) is 9.17. The van der Waals surface area contributed by atoms with Crippen molar-refractivity contribution in [2.45, 2.75) is 6.92 Å². The molecule has 0 radical (unpaired) electrons. The van der Waals surface area contributed by atoms with Gasteiger partial charge in [-0.05, 0) is 19.1 Å². The Hall–Kier alpha value is -2.44. The van der Waals surface area contributed by atoms with Crippen molar-refractivity contribution in [3.05, 3.63) is 30.5 Å². The number of pyridine rings is 1. The summed E-state index contributed by atoms with van der Waals surface area (Å²) in [6.07, 6.45) is 2.86. The molecule has 0 aromatic carbocycles. The van der Waals surface area contributed by atoms with E-state index in [-0.39, 0.29) is 5.82 Å². The minimum atomic E-state index is -0.392. The highest BCUT2D eigenvalue weighted by molar-refractivity contribution is 6.02. The monoisotopic (exact) mass is 233 g/mol. The first kappa shape index (κ1) is 11.1. The maximum atomic E-state index is 11.7. The lowest BCUT2D eigenvalue weighted by Gasteiger charge is -2.08. The maximum Gasteiger partial charge on any atom is 0.293 e. The molecular formula is C10H11N5O2. The number of hydrogen-bond acceptors (Lipinski definition) is 5. The van der Waals surface area contributed by atoms with Gasteiger partial charge >= 0.3 is 0 Å². The Morgan fingerprint density at radius 2 is 2.41 bits per heavy atom. The van der Waals surface area contributed by atoms with Crippen molar-refractivity contribution in [1.82, 2.24) is 20.2 Å². The van der Waals surface area contributed by atoms with Gasteiger partial charge in [-0.15, -0.1) is 0 Å². The highest BCUT2D eigenvalue weighted by atomic mass is 16.5. The number of aromatic amines is 1. The lowest BCUT2D eigenvalue weighted by atomic mass is 10.4. The van der Waals surface area contributed by atoms with Crippen LogP contribution >= 0.6 is 0 Å². The molecule has 0 aliphatic rings. The molecule has 0 aliphatic heterocycles. The molecule has 1 amide bonds. The van der Waals surface area contributed by atoms with Crippen LogP contribution in [-0.4, -0.2) is 32.7 Å². The van der Waals surface area contributed by atoms with Gasteiger partial charge in [0.25, 0.3) is 5.91 Å². The summed E-state index contributed by atoms with van der Waals surface area (Å²) in [5.74, 6) is 0.121. The second-order valence-corrected chi connectivity index (χ2v) is 3.08. The van der Waals surface area contributed by atoms with Gasteiger partial charge in [0.1, 0.15) is 12.0 Å². The van der Waals surface area contributed by atoms with Crippen molar-refractivity contribution >= 4 is 11.6 Å². The fourth-order valence-corrected chi connectivity index (χ4v) is 1.23. The quantitative estimate of drug-likeness (QED) is 0.816. The lowest BCUT2D eigenvalue weighted by Crippen LogP contribution is -2.15. The van der Waals surface area contributed by atoms with Crippen LogP contribution in [0.2, 0.25) is 0 Å². The highest BCUT2D eigenvalue weighted by Gasteiger charge is 2.12. The Morgan fingerprint density at radius 3 is 3.12 bits per heavy atom. The summed E-state index contributed by atoms with van der Waals surface area (Å²) in [4.78, 5) is 19.5. The molecule has 0 atom stereocenters. The van der Waals surface area contributed by atoms with Crippen molar-refractivity contribution in [2.24, 2.45) is 0 Å². The largest absolute Gasteiger partial charge is 0.476 e. The first-order valence-corrected chi connectivity index (χ1v) is 5.05. The molecule has 2 heterocycles. The summed E-state index contributed by atoms with van der Waals surface area (Å²) >= 11 is 0.